The van der Waals surface area contributed by atoms with Crippen LogP contribution >= 0.6 is 0 Å². The summed E-state index contributed by atoms with van der Waals surface area (Å²) in [7, 11) is 0. The maximum atomic E-state index is 14.1. The Balaban J connectivity index is 2.18. The number of ketones is 1. The Hall–Kier alpha value is -1.65. The minimum absolute atomic E-state index is 0.00186. The van der Waals surface area contributed by atoms with Gasteiger partial charge in [-0.05, 0) is 69.1 Å². The molecule has 2 aliphatic rings. The minimum Gasteiger partial charge on any atom is -0.462 e. The number of hydrogen-bond donors (Lipinski definition) is 0. The summed E-state index contributed by atoms with van der Waals surface area (Å²) in [5, 5.41) is 0. The molecule has 55 heavy (non-hydrogen) atoms. The average Bonchev–Trinajstić information content (AvgIpc) is 3.87. The van der Waals surface area contributed by atoms with Gasteiger partial charge in [0.05, 0.1) is 5.92 Å². The minimum atomic E-state index is -0.215. The van der Waals surface area contributed by atoms with E-state index in [0.29, 0.717) is 36.9 Å². The summed E-state index contributed by atoms with van der Waals surface area (Å²) in [6, 6.07) is 0. The predicted molar refractivity (Wildman–Crippen MR) is 232 cm³/mol. The highest BCUT2D eigenvalue weighted by molar-refractivity contribution is 5.84. The number of hydrogen-bond acceptors (Lipinski definition) is 5. The van der Waals surface area contributed by atoms with Gasteiger partial charge in [-0.25, -0.2) is 0 Å². The molecule has 0 aromatic rings. The molecule has 0 aromatic heterocycles. The van der Waals surface area contributed by atoms with E-state index in [0.717, 1.165) is 70.6 Å². The van der Waals surface area contributed by atoms with Crippen molar-refractivity contribution in [3.8, 4) is 0 Å². The predicted octanol–water partition coefficient (Wildman–Crippen LogP) is 15.0. The molecule has 2 rings (SSSR count). The van der Waals surface area contributed by atoms with E-state index >= 15 is 0 Å². The molecule has 0 amide bonds. The first-order chi connectivity index (χ1) is 26.9. The summed E-state index contributed by atoms with van der Waals surface area (Å²) in [6.45, 7) is 11.1. The topological polar surface area (TPSA) is 69.7 Å². The zero-order valence-corrected chi connectivity index (χ0v) is 37.1. The molecule has 320 valence electrons. The van der Waals surface area contributed by atoms with Crippen molar-refractivity contribution in [1.29, 1.82) is 0 Å². The van der Waals surface area contributed by atoms with Crippen molar-refractivity contribution in [2.45, 2.75) is 259 Å². The van der Waals surface area contributed by atoms with E-state index in [1.807, 2.05) is 0 Å². The van der Waals surface area contributed by atoms with E-state index in [9.17, 15) is 14.4 Å². The Kier molecular flexibility index (Phi) is 29.1. The van der Waals surface area contributed by atoms with Gasteiger partial charge in [-0.1, -0.05) is 188 Å². The summed E-state index contributed by atoms with van der Waals surface area (Å²) in [5.41, 5.74) is 0. The van der Waals surface area contributed by atoms with Crippen LogP contribution in [0.15, 0.2) is 12.2 Å². The van der Waals surface area contributed by atoms with Gasteiger partial charge in [0.2, 0.25) is 0 Å². The largest absolute Gasteiger partial charge is 0.462 e. The van der Waals surface area contributed by atoms with Gasteiger partial charge in [-0.3, -0.25) is 14.4 Å². The molecule has 0 radical (unpaired) electrons. The molecular formula is C50H90O5. The second-order valence-electron chi connectivity index (χ2n) is 17.9. The van der Waals surface area contributed by atoms with E-state index in [2.05, 4.69) is 46.8 Å². The van der Waals surface area contributed by atoms with Gasteiger partial charge in [0.25, 0.3) is 0 Å². The van der Waals surface area contributed by atoms with Crippen molar-refractivity contribution in [3.63, 3.8) is 0 Å². The molecule has 7 unspecified atom stereocenters. The van der Waals surface area contributed by atoms with Gasteiger partial charge in [0.15, 0.2) is 0 Å². The lowest BCUT2D eigenvalue weighted by atomic mass is 9.89. The SMILES string of the molecule is CC/C=C/CC1C(=O)CCC1CC(=O)OC(CC(CCCCCCCC)OC(=O)C(CCCCCC)CCCCCCCC)C1CC1CCCCCCCC. The highest BCUT2D eigenvalue weighted by atomic mass is 16.6. The second kappa shape index (κ2) is 32.3. The molecule has 0 heterocycles. The zero-order chi connectivity index (χ0) is 39.9. The van der Waals surface area contributed by atoms with Crippen LogP contribution in [-0.4, -0.2) is 29.9 Å². The molecule has 2 saturated carbocycles. The fourth-order valence-electron chi connectivity index (χ4n) is 9.21. The first kappa shape index (κ1) is 49.5. The summed E-state index contributed by atoms with van der Waals surface area (Å²) in [6.07, 6.45) is 39.9. The third-order valence-electron chi connectivity index (χ3n) is 12.9. The van der Waals surface area contributed by atoms with Crippen molar-refractivity contribution in [2.24, 2.45) is 29.6 Å². The standard InChI is InChI=1S/C50H90O5/c1-6-11-16-20-23-28-32-41(31-27-19-14-9-4)50(53)54-44(34-30-25-22-18-13-8-3)40-48(46-38-42(46)33-29-24-21-17-12-7-2)55-49(52)39-43-36-37-47(51)45(43)35-26-15-10-5/h15,26,41-46,48H,6-14,16-25,27-40H2,1-5H3/b26-15+. The van der Waals surface area contributed by atoms with Crippen LogP contribution in [0.25, 0.3) is 0 Å². The summed E-state index contributed by atoms with van der Waals surface area (Å²) in [5.74, 6) is 1.05. The Morgan fingerprint density at radius 3 is 1.75 bits per heavy atom. The maximum absolute atomic E-state index is 14.1. The number of ether oxygens (including phenoxy) is 2. The molecular weight excluding hydrogens is 681 g/mol. The van der Waals surface area contributed by atoms with E-state index in [-0.39, 0.29) is 41.9 Å². The second-order valence-corrected chi connectivity index (χ2v) is 17.9. The number of Topliss-reactive ketones (excluding diaryl/α,β-unsaturated/α-hetero) is 1. The van der Waals surface area contributed by atoms with Crippen LogP contribution < -0.4 is 0 Å². The van der Waals surface area contributed by atoms with Crippen molar-refractivity contribution in [1.82, 2.24) is 0 Å². The highest BCUT2D eigenvalue weighted by Crippen LogP contribution is 2.48. The lowest BCUT2D eigenvalue weighted by Gasteiger charge is -2.27. The summed E-state index contributed by atoms with van der Waals surface area (Å²) < 4.78 is 13.1. The smallest absolute Gasteiger partial charge is 0.309 e. The van der Waals surface area contributed by atoms with Crippen LogP contribution in [0.3, 0.4) is 0 Å². The Morgan fingerprint density at radius 2 is 1.16 bits per heavy atom. The van der Waals surface area contributed by atoms with Gasteiger partial charge in [-0.15, -0.1) is 0 Å². The van der Waals surface area contributed by atoms with Crippen LogP contribution in [0.5, 0.6) is 0 Å². The van der Waals surface area contributed by atoms with E-state index in [4.69, 9.17) is 9.47 Å². The number of esters is 2. The van der Waals surface area contributed by atoms with Gasteiger partial charge >= 0.3 is 11.9 Å². The summed E-state index contributed by atoms with van der Waals surface area (Å²) >= 11 is 0. The molecule has 2 aliphatic carbocycles. The van der Waals surface area contributed by atoms with Crippen LogP contribution in [0.4, 0.5) is 0 Å². The first-order valence-electron chi connectivity index (χ1n) is 24.5. The first-order valence-corrected chi connectivity index (χ1v) is 24.5. The number of allylic oxidation sites excluding steroid dienone is 2. The highest BCUT2D eigenvalue weighted by Gasteiger charge is 2.46. The third kappa shape index (κ3) is 22.8. The normalized spacial score (nSPS) is 21.2. The van der Waals surface area contributed by atoms with Crippen LogP contribution in [0.1, 0.15) is 247 Å². The van der Waals surface area contributed by atoms with Gasteiger partial charge in [0, 0.05) is 25.2 Å². The van der Waals surface area contributed by atoms with Crippen LogP contribution in [0, 0.1) is 29.6 Å². The van der Waals surface area contributed by atoms with Crippen LogP contribution in [-0.2, 0) is 23.9 Å². The summed E-state index contributed by atoms with van der Waals surface area (Å²) in [4.78, 5) is 40.7. The maximum Gasteiger partial charge on any atom is 0.309 e. The van der Waals surface area contributed by atoms with Crippen LogP contribution in [0.2, 0.25) is 0 Å². The Labute approximate surface area is 341 Å². The number of unbranched alkanes of at least 4 members (excludes halogenated alkanes) is 18. The lowest BCUT2D eigenvalue weighted by Crippen LogP contribution is -2.32. The van der Waals surface area contributed by atoms with E-state index in [1.165, 1.54) is 122 Å². The number of carbonyl (C=O) groups is 3. The van der Waals surface area contributed by atoms with Gasteiger partial charge < -0.3 is 9.47 Å². The molecule has 2 fully saturated rings. The fourth-order valence-corrected chi connectivity index (χ4v) is 9.21. The molecule has 0 bridgehead atoms. The molecule has 0 N–H and O–H groups in total. The van der Waals surface area contributed by atoms with Crippen molar-refractivity contribution >= 4 is 17.7 Å². The molecule has 0 spiro atoms. The molecule has 5 heteroatoms. The Morgan fingerprint density at radius 1 is 0.636 bits per heavy atom. The van der Waals surface area contributed by atoms with Crippen molar-refractivity contribution < 1.29 is 23.9 Å². The van der Waals surface area contributed by atoms with Gasteiger partial charge in [0.1, 0.15) is 18.0 Å². The monoisotopic (exact) mass is 771 g/mol. The lowest BCUT2D eigenvalue weighted by molar-refractivity contribution is -0.161. The third-order valence-corrected chi connectivity index (χ3v) is 12.9. The van der Waals surface area contributed by atoms with Gasteiger partial charge in [-0.2, -0.15) is 0 Å². The van der Waals surface area contributed by atoms with E-state index < -0.39 is 0 Å². The molecule has 5 nitrogen and oxygen atoms in total. The number of carbonyl (C=O) groups excluding carboxylic acids is 3. The fraction of sp³-hybridized carbons (Fsp3) is 0.900. The molecule has 0 saturated heterocycles. The Bertz CT molecular complexity index is 1000. The molecule has 0 aliphatic heterocycles. The van der Waals surface area contributed by atoms with Crippen molar-refractivity contribution in [2.75, 3.05) is 0 Å². The van der Waals surface area contributed by atoms with E-state index in [1.54, 1.807) is 0 Å². The number of rotatable bonds is 37. The molecule has 0 aromatic carbocycles. The van der Waals surface area contributed by atoms with Crippen molar-refractivity contribution in [3.05, 3.63) is 12.2 Å². The zero-order valence-electron chi connectivity index (χ0n) is 37.1. The molecule has 7 atom stereocenters. The average molecular weight is 771 g/mol. The quantitative estimate of drug-likeness (QED) is 0.0357.